The molecule has 254 valence electrons. The van der Waals surface area contributed by atoms with Crippen molar-refractivity contribution < 1.29 is 19.2 Å². The van der Waals surface area contributed by atoms with Crippen molar-refractivity contribution in [2.24, 2.45) is 50.2 Å². The molecule has 47 heavy (non-hydrogen) atoms. The number of aliphatic hydroxyl groups is 1. The van der Waals surface area contributed by atoms with Gasteiger partial charge in [-0.05, 0) is 110 Å². The highest BCUT2D eigenvalue weighted by Crippen LogP contribution is 2.75. The summed E-state index contributed by atoms with van der Waals surface area (Å²) in [6.45, 7) is 18.6. The number of carbonyl (C=O) groups is 2. The van der Waals surface area contributed by atoms with E-state index < -0.39 is 5.41 Å². The van der Waals surface area contributed by atoms with Gasteiger partial charge in [-0.3, -0.25) is 9.59 Å². The average Bonchev–Trinajstić information content (AvgIpc) is 3.49. The highest BCUT2D eigenvalue weighted by molar-refractivity contribution is 5.95. The van der Waals surface area contributed by atoms with Crippen LogP contribution >= 0.6 is 0 Å². The number of ketones is 1. The summed E-state index contributed by atoms with van der Waals surface area (Å²) in [6.07, 6.45) is 10.3. The lowest BCUT2D eigenvalue weighted by Crippen LogP contribution is -2.66. The maximum absolute atomic E-state index is 14.6. The number of carbonyl (C=O) groups excluding carboxylic acids is 2. The number of amides is 1. The molecule has 6 heteroatoms. The minimum atomic E-state index is -0.531. The van der Waals surface area contributed by atoms with Crippen molar-refractivity contribution in [1.82, 2.24) is 10.5 Å². The number of nitrogens with one attached hydrogen (secondary N) is 1. The largest absolute Gasteiger partial charge is 0.393 e. The summed E-state index contributed by atoms with van der Waals surface area (Å²) in [5.74, 6) is 1.49. The molecule has 4 saturated carbocycles. The smallest absolute Gasteiger partial charge is 0.226 e. The molecule has 1 aromatic heterocycles. The second-order valence-corrected chi connectivity index (χ2v) is 18.4. The number of nitrogens with zero attached hydrogens (tertiary/aromatic N) is 1. The second-order valence-electron chi connectivity index (χ2n) is 18.4. The predicted octanol–water partition coefficient (Wildman–Crippen LogP) is 8.61. The number of allylic oxidation sites excluding steroid dienone is 2. The van der Waals surface area contributed by atoms with E-state index in [4.69, 9.17) is 4.52 Å². The molecule has 5 aliphatic carbocycles. The lowest BCUT2D eigenvalue weighted by molar-refractivity contribution is -0.202. The summed E-state index contributed by atoms with van der Waals surface area (Å²) in [7, 11) is 0. The predicted molar refractivity (Wildman–Crippen MR) is 184 cm³/mol. The number of hydrogen-bond acceptors (Lipinski definition) is 5. The molecule has 1 amide bonds. The van der Waals surface area contributed by atoms with Crippen molar-refractivity contribution in [2.75, 3.05) is 0 Å². The molecule has 7 rings (SSSR count). The van der Waals surface area contributed by atoms with Crippen LogP contribution < -0.4 is 5.32 Å². The summed E-state index contributed by atoms with van der Waals surface area (Å²) >= 11 is 0. The van der Waals surface area contributed by atoms with Gasteiger partial charge >= 0.3 is 0 Å². The Morgan fingerprint density at radius 1 is 0.957 bits per heavy atom. The van der Waals surface area contributed by atoms with Crippen molar-refractivity contribution >= 4 is 11.7 Å². The number of aliphatic hydroxyl groups excluding tert-OH is 1. The lowest BCUT2D eigenvalue weighted by atomic mass is 9.33. The van der Waals surface area contributed by atoms with Gasteiger partial charge in [0.05, 0.1) is 12.6 Å². The fourth-order valence-corrected chi connectivity index (χ4v) is 12.0. The van der Waals surface area contributed by atoms with Gasteiger partial charge in [-0.25, -0.2) is 0 Å². The Hall–Kier alpha value is -2.73. The second kappa shape index (κ2) is 10.6. The fourth-order valence-electron chi connectivity index (χ4n) is 12.0. The van der Waals surface area contributed by atoms with Gasteiger partial charge in [-0.15, -0.1) is 0 Å². The normalized spacial score (nSPS) is 42.3. The van der Waals surface area contributed by atoms with Crippen LogP contribution in [0.3, 0.4) is 0 Å². The molecule has 6 nitrogen and oxygen atoms in total. The van der Waals surface area contributed by atoms with Crippen molar-refractivity contribution in [3.63, 3.8) is 0 Å². The van der Waals surface area contributed by atoms with Crippen molar-refractivity contribution in [2.45, 2.75) is 126 Å². The van der Waals surface area contributed by atoms with E-state index in [1.807, 2.05) is 18.2 Å². The van der Waals surface area contributed by atoms with E-state index in [2.05, 4.69) is 84.1 Å². The maximum Gasteiger partial charge on any atom is 0.226 e. The Morgan fingerprint density at radius 3 is 2.38 bits per heavy atom. The van der Waals surface area contributed by atoms with Gasteiger partial charge in [0.1, 0.15) is 5.69 Å². The molecule has 2 aromatic rings. The topological polar surface area (TPSA) is 92.4 Å². The highest BCUT2D eigenvalue weighted by Gasteiger charge is 2.70. The molecule has 1 heterocycles. The minimum Gasteiger partial charge on any atom is -0.393 e. The van der Waals surface area contributed by atoms with Crippen LogP contribution in [0, 0.1) is 57.2 Å². The Labute approximate surface area is 281 Å². The first-order valence-corrected chi connectivity index (χ1v) is 18.2. The summed E-state index contributed by atoms with van der Waals surface area (Å²) in [6, 6.07) is 10.1. The van der Waals surface area contributed by atoms with E-state index in [1.165, 1.54) is 11.1 Å². The summed E-state index contributed by atoms with van der Waals surface area (Å²) in [5.41, 5.74) is 3.28. The molecule has 2 N–H and O–H groups in total. The molecular formula is C41H56N2O4. The molecule has 0 saturated heterocycles. The van der Waals surface area contributed by atoms with E-state index in [1.54, 1.807) is 0 Å². The van der Waals surface area contributed by atoms with Gasteiger partial charge in [0, 0.05) is 23.0 Å². The molecule has 0 bridgehead atoms. The first kappa shape index (κ1) is 32.8. The van der Waals surface area contributed by atoms with Gasteiger partial charge in [0.25, 0.3) is 0 Å². The summed E-state index contributed by atoms with van der Waals surface area (Å²) in [4.78, 5) is 28.6. The van der Waals surface area contributed by atoms with E-state index in [0.717, 1.165) is 69.0 Å². The monoisotopic (exact) mass is 640 g/mol. The SMILES string of the molecule is Cc1ccc(-c2cc(CNC(=O)[C@@]3(C)CC[C@]4(C)CC[C@]5(C)C(=CC(=O)[C@@H]6[C@@]7(C)CC[C@H](O)C(C)(C)C7CC[C@]65C)[C@H]4C3)on2)cc1. The fraction of sp³-hybridized carbons (Fsp3) is 0.683. The van der Waals surface area contributed by atoms with Crippen molar-refractivity contribution in [1.29, 1.82) is 0 Å². The molecule has 1 aromatic carbocycles. The number of aromatic nitrogens is 1. The Morgan fingerprint density at radius 2 is 1.66 bits per heavy atom. The molecule has 0 radical (unpaired) electrons. The van der Waals surface area contributed by atoms with Crippen molar-refractivity contribution in [3.05, 3.63) is 53.3 Å². The van der Waals surface area contributed by atoms with Crippen LogP contribution in [-0.4, -0.2) is 28.1 Å². The third-order valence-corrected chi connectivity index (χ3v) is 15.4. The number of aryl methyl sites for hydroxylation is 1. The zero-order valence-electron chi connectivity index (χ0n) is 30.0. The van der Waals surface area contributed by atoms with Crippen LogP contribution in [0.5, 0.6) is 0 Å². The van der Waals surface area contributed by atoms with Crippen LogP contribution in [0.4, 0.5) is 0 Å². The standard InChI is InChI=1S/C41H56N2O4/c1-25-9-11-26(12-10-25)30-21-27(47-43-30)24-42-35(46)38(5)18-17-37(4)19-20-40(7)28(29(37)23-38)22-31(44)34-39(6)15-14-33(45)36(2,3)32(39)13-16-41(34,40)8/h9-12,21-22,29,32-34,45H,13-20,23-24H2,1-8H3,(H,42,46)/t29-,32?,33+,34-,37-,38+,39+,40-,41-/m1/s1. The Balaban J connectivity index is 1.14. The van der Waals surface area contributed by atoms with E-state index >= 15 is 0 Å². The maximum atomic E-state index is 14.6. The minimum absolute atomic E-state index is 0.0383. The Bertz CT molecular complexity index is 1620. The van der Waals surface area contributed by atoms with E-state index in [0.29, 0.717) is 24.0 Å². The number of fused-ring (bicyclic) bond motifs is 7. The van der Waals surface area contributed by atoms with Gasteiger partial charge in [0.2, 0.25) is 5.91 Å². The van der Waals surface area contributed by atoms with Gasteiger partial charge in [-0.2, -0.15) is 0 Å². The van der Waals surface area contributed by atoms with Gasteiger partial charge < -0.3 is 14.9 Å². The number of rotatable bonds is 4. The van der Waals surface area contributed by atoms with Gasteiger partial charge in [0.15, 0.2) is 11.5 Å². The number of hydrogen-bond donors (Lipinski definition) is 2. The molecule has 1 unspecified atom stereocenters. The highest BCUT2D eigenvalue weighted by atomic mass is 16.5. The Kier molecular flexibility index (Phi) is 7.42. The molecule has 0 spiro atoms. The van der Waals surface area contributed by atoms with Crippen molar-refractivity contribution in [3.8, 4) is 11.3 Å². The first-order chi connectivity index (χ1) is 22.0. The van der Waals surface area contributed by atoms with Crippen LogP contribution in [-0.2, 0) is 16.1 Å². The molecular weight excluding hydrogens is 584 g/mol. The van der Waals surface area contributed by atoms with E-state index in [9.17, 15) is 14.7 Å². The van der Waals surface area contributed by atoms with Crippen LogP contribution in [0.1, 0.15) is 118 Å². The van der Waals surface area contributed by atoms with Crippen LogP contribution in [0.25, 0.3) is 11.3 Å². The first-order valence-electron chi connectivity index (χ1n) is 18.2. The summed E-state index contributed by atoms with van der Waals surface area (Å²) < 4.78 is 5.62. The third-order valence-electron chi connectivity index (χ3n) is 15.4. The molecule has 4 fully saturated rings. The third kappa shape index (κ3) is 4.70. The molecule has 5 aliphatic rings. The zero-order chi connectivity index (χ0) is 33.8. The molecule has 9 atom stereocenters. The van der Waals surface area contributed by atoms with Gasteiger partial charge in [-0.1, -0.05) is 89.0 Å². The van der Waals surface area contributed by atoms with Crippen LogP contribution in [0.2, 0.25) is 0 Å². The van der Waals surface area contributed by atoms with E-state index in [-0.39, 0.29) is 50.9 Å². The lowest BCUT2D eigenvalue weighted by Gasteiger charge is -2.70. The van der Waals surface area contributed by atoms with Crippen LogP contribution in [0.15, 0.2) is 46.5 Å². The summed E-state index contributed by atoms with van der Waals surface area (Å²) in [5, 5.41) is 18.5. The number of benzene rings is 1. The average molecular weight is 641 g/mol. The zero-order valence-corrected chi connectivity index (χ0v) is 30.0. The quantitative estimate of drug-likeness (QED) is 0.349. The molecule has 0 aliphatic heterocycles.